The van der Waals surface area contributed by atoms with Gasteiger partial charge in [0.1, 0.15) is 12.2 Å². The van der Waals surface area contributed by atoms with Crippen molar-refractivity contribution in [1.82, 2.24) is 0 Å². The Morgan fingerprint density at radius 3 is 2.75 bits per heavy atom. The molecule has 0 unspecified atom stereocenters. The summed E-state index contributed by atoms with van der Waals surface area (Å²) in [6, 6.07) is 11.0. The molecule has 0 bridgehead atoms. The maximum Gasteiger partial charge on any atom is 0.336 e. The fourth-order valence-corrected chi connectivity index (χ4v) is 2.59. The first-order valence-corrected chi connectivity index (χ1v) is 7.42. The quantitative estimate of drug-likeness (QED) is 0.401. The molecule has 0 aliphatic heterocycles. The second-order valence-corrected chi connectivity index (χ2v) is 5.68. The highest BCUT2D eigenvalue weighted by Crippen LogP contribution is 2.33. The molecular weight excluding hydrogens is 334 g/mol. The van der Waals surface area contributed by atoms with Crippen molar-refractivity contribution in [2.24, 2.45) is 0 Å². The molecule has 0 spiro atoms. The SMILES string of the molecule is Cc1cc(=O)oc2cc(OCc3cccc(Cl)c3)c([N+](=O)[O-])cc12. The van der Waals surface area contributed by atoms with Gasteiger partial charge >= 0.3 is 11.3 Å². The molecule has 6 nitrogen and oxygen atoms in total. The zero-order valence-electron chi connectivity index (χ0n) is 12.6. The van der Waals surface area contributed by atoms with Gasteiger partial charge in [0.15, 0.2) is 0 Å². The van der Waals surface area contributed by atoms with Gasteiger partial charge in [-0.3, -0.25) is 10.1 Å². The fourth-order valence-electron chi connectivity index (χ4n) is 2.38. The molecule has 2 aromatic carbocycles. The summed E-state index contributed by atoms with van der Waals surface area (Å²) in [6.07, 6.45) is 0. The maximum absolute atomic E-state index is 11.5. The summed E-state index contributed by atoms with van der Waals surface area (Å²) in [5.41, 5.74) is 0.899. The van der Waals surface area contributed by atoms with Crippen LogP contribution in [0.15, 0.2) is 51.7 Å². The van der Waals surface area contributed by atoms with E-state index in [-0.39, 0.29) is 23.6 Å². The van der Waals surface area contributed by atoms with Crippen LogP contribution in [0, 0.1) is 17.0 Å². The van der Waals surface area contributed by atoms with Crippen molar-refractivity contribution in [1.29, 1.82) is 0 Å². The Labute approximate surface area is 141 Å². The minimum Gasteiger partial charge on any atom is -0.482 e. The number of hydrogen-bond acceptors (Lipinski definition) is 5. The van der Waals surface area contributed by atoms with Crippen molar-refractivity contribution in [2.75, 3.05) is 0 Å². The average molecular weight is 346 g/mol. The van der Waals surface area contributed by atoms with Gasteiger partial charge in [-0.15, -0.1) is 0 Å². The third-order valence-corrected chi connectivity index (χ3v) is 3.75. The zero-order valence-corrected chi connectivity index (χ0v) is 13.4. The lowest BCUT2D eigenvalue weighted by Gasteiger charge is -2.09. The number of fused-ring (bicyclic) bond motifs is 1. The second-order valence-electron chi connectivity index (χ2n) is 5.24. The largest absolute Gasteiger partial charge is 0.482 e. The number of rotatable bonds is 4. The van der Waals surface area contributed by atoms with Crippen LogP contribution in [-0.2, 0) is 6.61 Å². The van der Waals surface area contributed by atoms with Crippen LogP contribution >= 0.6 is 11.6 Å². The maximum atomic E-state index is 11.5. The summed E-state index contributed by atoms with van der Waals surface area (Å²) in [5, 5.41) is 12.4. The fraction of sp³-hybridized carbons (Fsp3) is 0.118. The van der Waals surface area contributed by atoms with Gasteiger partial charge in [-0.05, 0) is 30.2 Å². The molecule has 122 valence electrons. The van der Waals surface area contributed by atoms with Gasteiger partial charge in [-0.1, -0.05) is 23.7 Å². The molecule has 0 fully saturated rings. The van der Waals surface area contributed by atoms with E-state index in [1.807, 2.05) is 0 Å². The number of nitro benzene ring substituents is 1. The summed E-state index contributed by atoms with van der Waals surface area (Å²) in [7, 11) is 0. The van der Waals surface area contributed by atoms with Gasteiger partial charge in [-0.25, -0.2) is 4.79 Å². The molecule has 24 heavy (non-hydrogen) atoms. The van der Waals surface area contributed by atoms with E-state index in [2.05, 4.69) is 0 Å². The van der Waals surface area contributed by atoms with Crippen LogP contribution in [-0.4, -0.2) is 4.92 Å². The summed E-state index contributed by atoms with van der Waals surface area (Å²) in [6.45, 7) is 1.79. The lowest BCUT2D eigenvalue weighted by molar-refractivity contribution is -0.385. The Morgan fingerprint density at radius 1 is 1.25 bits per heavy atom. The number of halogens is 1. The molecule has 0 saturated carbocycles. The van der Waals surface area contributed by atoms with E-state index in [0.717, 1.165) is 5.56 Å². The van der Waals surface area contributed by atoms with Crippen molar-refractivity contribution in [2.45, 2.75) is 13.5 Å². The molecule has 1 aromatic heterocycles. The van der Waals surface area contributed by atoms with E-state index in [1.54, 1.807) is 31.2 Å². The van der Waals surface area contributed by atoms with Crippen molar-refractivity contribution in [3.05, 3.63) is 79.1 Å². The van der Waals surface area contributed by atoms with Crippen LogP contribution in [0.2, 0.25) is 5.02 Å². The molecule has 3 aromatic rings. The molecule has 0 amide bonds. The summed E-state index contributed by atoms with van der Waals surface area (Å²) in [5.74, 6) is 0.0289. The smallest absolute Gasteiger partial charge is 0.336 e. The number of nitro groups is 1. The van der Waals surface area contributed by atoms with Gasteiger partial charge in [0.25, 0.3) is 0 Å². The minimum absolute atomic E-state index is 0.0289. The third kappa shape index (κ3) is 3.23. The standard InChI is InChI=1S/C17H12ClNO5/c1-10-5-17(20)24-15-8-16(14(19(21)22)7-13(10)15)23-9-11-3-2-4-12(18)6-11/h2-8H,9H2,1H3. The molecule has 0 aliphatic carbocycles. The highest BCUT2D eigenvalue weighted by atomic mass is 35.5. The highest BCUT2D eigenvalue weighted by Gasteiger charge is 2.19. The Kier molecular flexibility index (Phi) is 4.22. The monoisotopic (exact) mass is 345 g/mol. The van der Waals surface area contributed by atoms with E-state index >= 15 is 0 Å². The summed E-state index contributed by atoms with van der Waals surface area (Å²) in [4.78, 5) is 22.3. The molecule has 7 heteroatoms. The normalized spacial score (nSPS) is 10.8. The topological polar surface area (TPSA) is 82.6 Å². The van der Waals surface area contributed by atoms with Crippen LogP contribution in [0.5, 0.6) is 5.75 Å². The van der Waals surface area contributed by atoms with Gasteiger partial charge in [0.2, 0.25) is 5.75 Å². The van der Waals surface area contributed by atoms with Gasteiger partial charge in [-0.2, -0.15) is 0 Å². The predicted molar refractivity (Wildman–Crippen MR) is 89.7 cm³/mol. The third-order valence-electron chi connectivity index (χ3n) is 3.51. The Morgan fingerprint density at radius 2 is 2.04 bits per heavy atom. The lowest BCUT2D eigenvalue weighted by atomic mass is 10.1. The van der Waals surface area contributed by atoms with Crippen molar-refractivity contribution in [3.63, 3.8) is 0 Å². The van der Waals surface area contributed by atoms with Crippen LogP contribution < -0.4 is 10.4 Å². The van der Waals surface area contributed by atoms with Crippen LogP contribution in [0.25, 0.3) is 11.0 Å². The van der Waals surface area contributed by atoms with Crippen LogP contribution in [0.4, 0.5) is 5.69 Å². The number of ether oxygens (including phenoxy) is 1. The number of hydrogen-bond donors (Lipinski definition) is 0. The van der Waals surface area contributed by atoms with E-state index in [4.69, 9.17) is 20.8 Å². The number of aryl methyl sites for hydroxylation is 1. The van der Waals surface area contributed by atoms with Crippen molar-refractivity contribution in [3.8, 4) is 5.75 Å². The molecule has 0 aliphatic rings. The first kappa shape index (κ1) is 16.0. The highest BCUT2D eigenvalue weighted by molar-refractivity contribution is 6.30. The Hall–Kier alpha value is -2.86. The number of nitrogens with zero attached hydrogens (tertiary/aromatic N) is 1. The molecule has 0 atom stereocenters. The molecule has 1 heterocycles. The van der Waals surface area contributed by atoms with Gasteiger partial charge in [0, 0.05) is 28.6 Å². The Bertz CT molecular complexity index is 996. The van der Waals surface area contributed by atoms with E-state index in [9.17, 15) is 14.9 Å². The van der Waals surface area contributed by atoms with Crippen LogP contribution in [0.3, 0.4) is 0 Å². The molecule has 0 saturated heterocycles. The predicted octanol–water partition coefficient (Wildman–Crippen LogP) is 4.24. The Balaban J connectivity index is 2.03. The average Bonchev–Trinajstić information content (AvgIpc) is 2.52. The molecular formula is C17H12ClNO5. The molecule has 3 rings (SSSR count). The minimum atomic E-state index is -0.530. The van der Waals surface area contributed by atoms with Crippen molar-refractivity contribution < 1.29 is 14.1 Å². The van der Waals surface area contributed by atoms with E-state index in [0.29, 0.717) is 16.0 Å². The van der Waals surface area contributed by atoms with Crippen molar-refractivity contribution >= 4 is 28.3 Å². The van der Waals surface area contributed by atoms with E-state index in [1.165, 1.54) is 18.2 Å². The van der Waals surface area contributed by atoms with Gasteiger partial charge in [0.05, 0.1) is 4.92 Å². The zero-order chi connectivity index (χ0) is 17.3. The molecule has 0 N–H and O–H groups in total. The lowest BCUT2D eigenvalue weighted by Crippen LogP contribution is -2.02. The summed E-state index contributed by atoms with van der Waals surface area (Å²) >= 11 is 5.91. The van der Waals surface area contributed by atoms with Crippen LogP contribution in [0.1, 0.15) is 11.1 Å². The van der Waals surface area contributed by atoms with E-state index < -0.39 is 10.5 Å². The van der Waals surface area contributed by atoms with Gasteiger partial charge < -0.3 is 9.15 Å². The summed E-state index contributed by atoms with van der Waals surface area (Å²) < 4.78 is 10.7. The first-order chi connectivity index (χ1) is 11.4. The first-order valence-electron chi connectivity index (χ1n) is 7.04. The number of benzene rings is 2. The second kappa shape index (κ2) is 6.33. The molecule has 0 radical (unpaired) electrons.